The summed E-state index contributed by atoms with van der Waals surface area (Å²) in [6.45, 7) is 0. The third-order valence-corrected chi connectivity index (χ3v) is 2.73. The first-order valence-corrected chi connectivity index (χ1v) is 5.83. The van der Waals surface area contributed by atoms with E-state index in [0.29, 0.717) is 6.42 Å². The summed E-state index contributed by atoms with van der Waals surface area (Å²) in [7, 11) is 0. The minimum absolute atomic E-state index is 0.290. The Morgan fingerprint density at radius 3 is 2.42 bits per heavy atom. The zero-order chi connectivity index (χ0) is 14.3. The van der Waals surface area contributed by atoms with Gasteiger partial charge in [0.25, 0.3) is 0 Å². The van der Waals surface area contributed by atoms with Crippen molar-refractivity contribution in [1.29, 1.82) is 0 Å². The Balaban J connectivity index is 2.62. The van der Waals surface area contributed by atoms with Crippen molar-refractivity contribution in [2.75, 3.05) is 0 Å². The monoisotopic (exact) mass is 272 g/mol. The molecule has 0 aliphatic carbocycles. The van der Waals surface area contributed by atoms with E-state index in [-0.39, 0.29) is 6.42 Å². The topological polar surface area (TPSA) is 74.8 Å². The first kappa shape index (κ1) is 15.3. The Labute approximate surface area is 109 Å². The highest BCUT2D eigenvalue weighted by Gasteiger charge is 2.29. The van der Waals surface area contributed by atoms with Crippen LogP contribution < -0.4 is 5.73 Å². The molecule has 0 amide bonds. The SMILES string of the molecule is [N-]=[N+]=NC(CCC(F)(F)F)[C@@H](N)Cc1ccccc1. The van der Waals surface area contributed by atoms with Gasteiger partial charge in [-0.3, -0.25) is 0 Å². The molecule has 1 unspecified atom stereocenters. The van der Waals surface area contributed by atoms with Gasteiger partial charge in [-0.05, 0) is 23.9 Å². The molecule has 0 bridgehead atoms. The van der Waals surface area contributed by atoms with E-state index in [0.717, 1.165) is 5.56 Å². The van der Waals surface area contributed by atoms with Gasteiger partial charge < -0.3 is 5.73 Å². The summed E-state index contributed by atoms with van der Waals surface area (Å²) in [5.41, 5.74) is 15.1. The van der Waals surface area contributed by atoms with Gasteiger partial charge in [0, 0.05) is 17.4 Å². The number of rotatable bonds is 6. The highest BCUT2D eigenvalue weighted by atomic mass is 19.4. The number of hydrogen-bond donors (Lipinski definition) is 1. The van der Waals surface area contributed by atoms with Gasteiger partial charge in [-0.2, -0.15) is 13.2 Å². The van der Waals surface area contributed by atoms with Crippen molar-refractivity contribution in [3.63, 3.8) is 0 Å². The van der Waals surface area contributed by atoms with E-state index in [1.54, 1.807) is 0 Å². The fourth-order valence-electron chi connectivity index (χ4n) is 1.76. The van der Waals surface area contributed by atoms with Crippen molar-refractivity contribution in [3.05, 3.63) is 46.3 Å². The maximum Gasteiger partial charge on any atom is 0.389 e. The first-order chi connectivity index (χ1) is 8.92. The Hall–Kier alpha value is -1.72. The average Bonchev–Trinajstić information content (AvgIpc) is 2.34. The van der Waals surface area contributed by atoms with Crippen LogP contribution in [0.5, 0.6) is 0 Å². The van der Waals surface area contributed by atoms with Crippen LogP contribution >= 0.6 is 0 Å². The lowest BCUT2D eigenvalue weighted by Crippen LogP contribution is -2.36. The molecule has 0 spiro atoms. The molecule has 0 aromatic heterocycles. The zero-order valence-electron chi connectivity index (χ0n) is 10.2. The number of benzene rings is 1. The molecule has 1 rings (SSSR count). The van der Waals surface area contributed by atoms with Crippen LogP contribution in [0.2, 0.25) is 0 Å². The van der Waals surface area contributed by atoms with Crippen molar-refractivity contribution in [1.82, 2.24) is 0 Å². The summed E-state index contributed by atoms with van der Waals surface area (Å²) in [6, 6.07) is 7.66. The lowest BCUT2D eigenvalue weighted by atomic mass is 9.97. The summed E-state index contributed by atoms with van der Waals surface area (Å²) >= 11 is 0. The van der Waals surface area contributed by atoms with Crippen LogP contribution in [-0.4, -0.2) is 18.3 Å². The summed E-state index contributed by atoms with van der Waals surface area (Å²) < 4.78 is 36.5. The second-order valence-electron chi connectivity index (χ2n) is 4.28. The molecule has 0 saturated carbocycles. The van der Waals surface area contributed by atoms with Crippen LogP contribution in [0.1, 0.15) is 18.4 Å². The Kier molecular flexibility index (Phi) is 5.66. The molecular formula is C12H15F3N4. The molecule has 0 radical (unpaired) electrons. The van der Waals surface area contributed by atoms with Crippen molar-refractivity contribution in [3.8, 4) is 0 Å². The van der Waals surface area contributed by atoms with Crippen LogP contribution in [-0.2, 0) is 6.42 Å². The van der Waals surface area contributed by atoms with Gasteiger partial charge in [0.1, 0.15) is 0 Å². The van der Waals surface area contributed by atoms with Gasteiger partial charge in [-0.1, -0.05) is 35.4 Å². The first-order valence-electron chi connectivity index (χ1n) is 5.83. The summed E-state index contributed by atoms with van der Waals surface area (Å²) in [6.07, 6.45) is -5.18. The molecule has 1 aromatic rings. The number of halogens is 3. The molecule has 4 nitrogen and oxygen atoms in total. The molecule has 0 saturated heterocycles. The van der Waals surface area contributed by atoms with E-state index in [4.69, 9.17) is 11.3 Å². The smallest absolute Gasteiger partial charge is 0.327 e. The van der Waals surface area contributed by atoms with E-state index in [9.17, 15) is 13.2 Å². The van der Waals surface area contributed by atoms with Gasteiger partial charge >= 0.3 is 6.18 Å². The molecule has 7 heteroatoms. The molecule has 2 N–H and O–H groups in total. The summed E-state index contributed by atoms with van der Waals surface area (Å²) in [5, 5.41) is 3.38. The van der Waals surface area contributed by atoms with Crippen LogP contribution in [0.4, 0.5) is 13.2 Å². The summed E-state index contributed by atoms with van der Waals surface area (Å²) in [4.78, 5) is 2.58. The predicted molar refractivity (Wildman–Crippen MR) is 66.3 cm³/mol. The Morgan fingerprint density at radius 1 is 1.26 bits per heavy atom. The number of nitrogens with zero attached hydrogens (tertiary/aromatic N) is 3. The van der Waals surface area contributed by atoms with E-state index in [1.165, 1.54) is 0 Å². The normalized spacial score (nSPS) is 14.5. The van der Waals surface area contributed by atoms with Gasteiger partial charge in [0.05, 0.1) is 6.04 Å². The summed E-state index contributed by atoms with van der Waals surface area (Å²) in [5.74, 6) is 0. The minimum atomic E-state index is -4.27. The molecule has 0 aliphatic rings. The fourth-order valence-corrected chi connectivity index (χ4v) is 1.76. The second-order valence-corrected chi connectivity index (χ2v) is 4.28. The van der Waals surface area contributed by atoms with Crippen LogP contribution in [0.3, 0.4) is 0 Å². The number of alkyl halides is 3. The number of azide groups is 1. The van der Waals surface area contributed by atoms with Crippen LogP contribution in [0.25, 0.3) is 10.4 Å². The second kappa shape index (κ2) is 7.01. The van der Waals surface area contributed by atoms with Gasteiger partial charge in [-0.25, -0.2) is 0 Å². The van der Waals surface area contributed by atoms with E-state index in [2.05, 4.69) is 10.0 Å². The third kappa shape index (κ3) is 6.13. The standard InChI is InChI=1S/C12H15F3N4/c13-12(14,15)7-6-11(18-19-17)10(16)8-9-4-2-1-3-5-9/h1-5,10-11H,6-8,16H2/t10-,11?/m0/s1. The highest BCUT2D eigenvalue weighted by molar-refractivity contribution is 5.16. The molecule has 0 fully saturated rings. The van der Waals surface area contributed by atoms with Gasteiger partial charge in [0.2, 0.25) is 0 Å². The van der Waals surface area contributed by atoms with Gasteiger partial charge in [0.15, 0.2) is 0 Å². The molecule has 104 valence electrons. The molecular weight excluding hydrogens is 257 g/mol. The molecule has 19 heavy (non-hydrogen) atoms. The Morgan fingerprint density at radius 2 is 1.89 bits per heavy atom. The fraction of sp³-hybridized carbons (Fsp3) is 0.500. The average molecular weight is 272 g/mol. The minimum Gasteiger partial charge on any atom is -0.327 e. The zero-order valence-corrected chi connectivity index (χ0v) is 10.2. The number of hydrogen-bond acceptors (Lipinski definition) is 2. The van der Waals surface area contributed by atoms with Crippen LogP contribution in [0.15, 0.2) is 35.4 Å². The molecule has 0 aliphatic heterocycles. The molecule has 2 atom stereocenters. The predicted octanol–water partition coefficient (Wildman–Crippen LogP) is 3.58. The van der Waals surface area contributed by atoms with Crippen molar-refractivity contribution in [2.45, 2.75) is 37.5 Å². The number of nitrogens with two attached hydrogens (primary N) is 1. The molecule has 0 heterocycles. The van der Waals surface area contributed by atoms with Crippen LogP contribution in [0, 0.1) is 0 Å². The highest BCUT2D eigenvalue weighted by Crippen LogP contribution is 2.24. The van der Waals surface area contributed by atoms with Crippen molar-refractivity contribution >= 4 is 0 Å². The maximum absolute atomic E-state index is 12.2. The van der Waals surface area contributed by atoms with Crippen molar-refractivity contribution < 1.29 is 13.2 Å². The third-order valence-electron chi connectivity index (χ3n) is 2.73. The van der Waals surface area contributed by atoms with E-state index < -0.39 is 24.7 Å². The van der Waals surface area contributed by atoms with Crippen molar-refractivity contribution in [2.24, 2.45) is 10.8 Å². The Bertz CT molecular complexity index is 426. The molecule has 1 aromatic carbocycles. The lowest BCUT2D eigenvalue weighted by molar-refractivity contribution is -0.136. The largest absolute Gasteiger partial charge is 0.389 e. The maximum atomic E-state index is 12.2. The lowest BCUT2D eigenvalue weighted by Gasteiger charge is -2.20. The quantitative estimate of drug-likeness (QED) is 0.479. The van der Waals surface area contributed by atoms with Gasteiger partial charge in [-0.15, -0.1) is 0 Å². The van der Waals surface area contributed by atoms with E-state index >= 15 is 0 Å². The van der Waals surface area contributed by atoms with E-state index in [1.807, 2.05) is 30.3 Å².